The number of halogens is 1. The van der Waals surface area contributed by atoms with Gasteiger partial charge in [0.15, 0.2) is 5.78 Å². The van der Waals surface area contributed by atoms with E-state index in [2.05, 4.69) is 10.6 Å². The van der Waals surface area contributed by atoms with Gasteiger partial charge in [-0.3, -0.25) is 19.2 Å². The first kappa shape index (κ1) is 32.2. The Morgan fingerprint density at radius 2 is 1.76 bits per heavy atom. The molecular formula is C30H33ClN2O6S2. The van der Waals surface area contributed by atoms with Crippen LogP contribution in [-0.4, -0.2) is 53.6 Å². The Bertz CT molecular complexity index is 1360. The molecule has 0 saturated heterocycles. The van der Waals surface area contributed by atoms with Crippen molar-refractivity contribution in [2.75, 3.05) is 12.9 Å². The van der Waals surface area contributed by atoms with E-state index in [0.717, 1.165) is 16.0 Å². The van der Waals surface area contributed by atoms with Crippen LogP contribution in [0.1, 0.15) is 31.4 Å². The number of Topliss-reactive ketones (excluding diaryl/α,β-unsaturated/α-hetero) is 1. The van der Waals surface area contributed by atoms with Crippen molar-refractivity contribution in [1.82, 2.24) is 10.6 Å². The molecule has 0 aliphatic rings. The number of carbonyl (C=O) groups is 4. The van der Waals surface area contributed by atoms with E-state index in [1.807, 2.05) is 48.5 Å². The molecule has 0 bridgehead atoms. The number of thiophene rings is 1. The molecule has 3 N–H and O–H groups in total. The number of rotatable bonds is 15. The first-order valence-corrected chi connectivity index (χ1v) is 15.3. The summed E-state index contributed by atoms with van der Waals surface area (Å²) in [5, 5.41) is 14.7. The second-order valence-corrected chi connectivity index (χ2v) is 12.4. The monoisotopic (exact) mass is 616 g/mol. The van der Waals surface area contributed by atoms with Gasteiger partial charge < -0.3 is 20.5 Å². The molecule has 218 valence electrons. The van der Waals surface area contributed by atoms with Gasteiger partial charge in [0, 0.05) is 16.2 Å². The minimum atomic E-state index is -1.21. The zero-order valence-electron chi connectivity index (χ0n) is 23.0. The third kappa shape index (κ3) is 9.91. The fourth-order valence-electron chi connectivity index (χ4n) is 4.10. The normalized spacial score (nSPS) is 12.4. The summed E-state index contributed by atoms with van der Waals surface area (Å²) in [6, 6.07) is 16.6. The van der Waals surface area contributed by atoms with Gasteiger partial charge in [0.25, 0.3) is 0 Å². The van der Waals surface area contributed by atoms with E-state index in [1.54, 1.807) is 26.0 Å². The number of carboxylic acids is 1. The van der Waals surface area contributed by atoms with Crippen molar-refractivity contribution in [3.05, 3.63) is 76.1 Å². The summed E-state index contributed by atoms with van der Waals surface area (Å²) in [4.78, 5) is 51.6. The molecule has 0 fully saturated rings. The zero-order chi connectivity index (χ0) is 29.9. The third-order valence-electron chi connectivity index (χ3n) is 6.19. The number of aliphatic carboxylic acids is 1. The predicted octanol–water partition coefficient (Wildman–Crippen LogP) is 5.22. The number of hydrogen-bond donors (Lipinski definition) is 3. The SMILES string of the molecule is COc1ccc(-c2ccc(Cl)s2)cc1CC(=O)N[C@H](C(=O)N[C@@H](CC(=O)O)C(=O)CSCc1ccccc1)C(C)C. The number of nitrogens with one attached hydrogen (secondary N) is 2. The highest BCUT2D eigenvalue weighted by molar-refractivity contribution is 7.99. The molecule has 2 atom stereocenters. The van der Waals surface area contributed by atoms with E-state index in [-0.39, 0.29) is 18.1 Å². The van der Waals surface area contributed by atoms with Crippen molar-refractivity contribution < 1.29 is 29.0 Å². The number of ether oxygens (including phenoxy) is 1. The average Bonchev–Trinajstić information content (AvgIpc) is 3.37. The number of hydrogen-bond acceptors (Lipinski definition) is 7. The third-order valence-corrected chi connectivity index (χ3v) is 8.50. The number of methoxy groups -OCH3 is 1. The van der Waals surface area contributed by atoms with Crippen LogP contribution in [0, 0.1) is 5.92 Å². The minimum absolute atomic E-state index is 0.0391. The van der Waals surface area contributed by atoms with E-state index in [1.165, 1.54) is 30.2 Å². The molecule has 3 rings (SSSR count). The largest absolute Gasteiger partial charge is 0.496 e. The first-order chi connectivity index (χ1) is 19.6. The maximum Gasteiger partial charge on any atom is 0.305 e. The molecule has 0 saturated carbocycles. The van der Waals surface area contributed by atoms with Crippen LogP contribution in [0.5, 0.6) is 5.75 Å². The number of carboxylic acid groups (broad SMARTS) is 1. The molecule has 0 radical (unpaired) electrons. The van der Waals surface area contributed by atoms with Crippen molar-refractivity contribution in [3.8, 4) is 16.2 Å². The second-order valence-electron chi connectivity index (χ2n) is 9.70. The lowest BCUT2D eigenvalue weighted by Crippen LogP contribution is -2.54. The van der Waals surface area contributed by atoms with Crippen molar-refractivity contribution in [3.63, 3.8) is 0 Å². The lowest BCUT2D eigenvalue weighted by atomic mass is 10.0. The summed E-state index contributed by atoms with van der Waals surface area (Å²) < 4.78 is 6.09. The molecule has 2 amide bonds. The van der Waals surface area contributed by atoms with Gasteiger partial charge in [-0.05, 0) is 47.4 Å². The molecule has 41 heavy (non-hydrogen) atoms. The number of carbonyl (C=O) groups excluding carboxylic acids is 3. The molecule has 1 heterocycles. The summed E-state index contributed by atoms with van der Waals surface area (Å²) in [6.07, 6.45) is -0.605. The van der Waals surface area contributed by atoms with Crippen molar-refractivity contribution in [1.29, 1.82) is 0 Å². The Morgan fingerprint density at radius 1 is 1.02 bits per heavy atom. The van der Waals surface area contributed by atoms with Crippen molar-refractivity contribution in [2.24, 2.45) is 5.92 Å². The predicted molar refractivity (Wildman–Crippen MR) is 164 cm³/mol. The highest BCUT2D eigenvalue weighted by atomic mass is 35.5. The molecule has 0 spiro atoms. The number of amides is 2. The van der Waals surface area contributed by atoms with Crippen LogP contribution in [0.15, 0.2) is 60.7 Å². The lowest BCUT2D eigenvalue weighted by molar-refractivity contribution is -0.140. The molecule has 2 aromatic carbocycles. The topological polar surface area (TPSA) is 122 Å². The lowest BCUT2D eigenvalue weighted by Gasteiger charge is -2.25. The Kier molecular flexibility index (Phi) is 12.2. The molecular weight excluding hydrogens is 584 g/mol. The van der Waals surface area contributed by atoms with Gasteiger partial charge in [0.2, 0.25) is 11.8 Å². The average molecular weight is 617 g/mol. The Balaban J connectivity index is 1.66. The summed E-state index contributed by atoms with van der Waals surface area (Å²) in [5.41, 5.74) is 2.54. The van der Waals surface area contributed by atoms with E-state index >= 15 is 0 Å². The van der Waals surface area contributed by atoms with Gasteiger partial charge in [0.1, 0.15) is 11.8 Å². The summed E-state index contributed by atoms with van der Waals surface area (Å²) in [7, 11) is 1.51. The maximum absolute atomic E-state index is 13.2. The van der Waals surface area contributed by atoms with Gasteiger partial charge in [-0.25, -0.2) is 0 Å². The quantitative estimate of drug-likeness (QED) is 0.214. The second kappa shape index (κ2) is 15.6. The summed E-state index contributed by atoms with van der Waals surface area (Å²) in [6.45, 7) is 3.52. The highest BCUT2D eigenvalue weighted by Gasteiger charge is 2.30. The van der Waals surface area contributed by atoms with Crippen LogP contribution in [-0.2, 0) is 31.4 Å². The summed E-state index contributed by atoms with van der Waals surface area (Å²) in [5.74, 6) is -1.82. The van der Waals surface area contributed by atoms with Crippen LogP contribution in [0.2, 0.25) is 4.34 Å². The van der Waals surface area contributed by atoms with Crippen molar-refractivity contribution in [2.45, 2.75) is 44.5 Å². The highest BCUT2D eigenvalue weighted by Crippen LogP contribution is 2.33. The van der Waals surface area contributed by atoms with Gasteiger partial charge >= 0.3 is 5.97 Å². The molecule has 0 aliphatic heterocycles. The number of ketones is 1. The molecule has 3 aromatic rings. The fraction of sp³-hybridized carbons (Fsp3) is 0.333. The van der Waals surface area contributed by atoms with E-state index in [4.69, 9.17) is 16.3 Å². The number of thioether (sulfide) groups is 1. The number of benzene rings is 2. The fourth-order valence-corrected chi connectivity index (χ4v) is 6.07. The zero-order valence-corrected chi connectivity index (χ0v) is 25.4. The molecule has 0 unspecified atom stereocenters. The first-order valence-electron chi connectivity index (χ1n) is 13.0. The molecule has 11 heteroatoms. The Hall–Kier alpha value is -3.34. The van der Waals surface area contributed by atoms with Crippen molar-refractivity contribution >= 4 is 58.3 Å². The summed E-state index contributed by atoms with van der Waals surface area (Å²) >= 11 is 8.84. The standard InChI is InChI=1S/C30H33ClN2O6S2/c1-18(2)29(30(38)32-22(15-28(36)37)23(34)17-40-16-19-7-5-4-6-8-19)33-27(35)14-21-13-20(9-10-24(21)39-3)25-11-12-26(31)41-25/h4-13,18,22,29H,14-17H2,1-3H3,(H,32,38)(H,33,35)(H,36,37)/t22-,29-/m0/s1. The van der Waals surface area contributed by atoms with Crippen LogP contribution < -0.4 is 15.4 Å². The molecule has 8 nitrogen and oxygen atoms in total. The smallest absolute Gasteiger partial charge is 0.305 e. The van der Waals surface area contributed by atoms with Gasteiger partial charge in [-0.1, -0.05) is 55.8 Å². The van der Waals surface area contributed by atoms with Crippen LogP contribution in [0.3, 0.4) is 0 Å². The van der Waals surface area contributed by atoms with Crippen LogP contribution >= 0.6 is 34.7 Å². The van der Waals surface area contributed by atoms with Gasteiger partial charge in [-0.2, -0.15) is 0 Å². The molecule has 0 aliphatic carbocycles. The van der Waals surface area contributed by atoms with E-state index < -0.39 is 42.1 Å². The van der Waals surface area contributed by atoms with E-state index in [0.29, 0.717) is 21.4 Å². The Morgan fingerprint density at radius 3 is 2.37 bits per heavy atom. The Labute approximate surface area is 252 Å². The maximum atomic E-state index is 13.2. The minimum Gasteiger partial charge on any atom is -0.496 e. The van der Waals surface area contributed by atoms with Crippen LogP contribution in [0.25, 0.3) is 10.4 Å². The van der Waals surface area contributed by atoms with Crippen LogP contribution in [0.4, 0.5) is 0 Å². The molecule has 1 aromatic heterocycles. The van der Waals surface area contributed by atoms with E-state index in [9.17, 15) is 24.3 Å². The van der Waals surface area contributed by atoms with Gasteiger partial charge in [-0.15, -0.1) is 23.1 Å². The van der Waals surface area contributed by atoms with Gasteiger partial charge in [0.05, 0.1) is 36.1 Å².